The predicted molar refractivity (Wildman–Crippen MR) is 81.5 cm³/mol. The van der Waals surface area contributed by atoms with E-state index in [1.807, 2.05) is 0 Å². The van der Waals surface area contributed by atoms with Crippen LogP contribution in [0.25, 0.3) is 0 Å². The molecule has 0 aromatic heterocycles. The zero-order valence-corrected chi connectivity index (χ0v) is 13.2. The Morgan fingerprint density at radius 1 is 1.25 bits per heavy atom. The van der Waals surface area contributed by atoms with Crippen LogP contribution in [-0.4, -0.2) is 36.0 Å². The summed E-state index contributed by atoms with van der Waals surface area (Å²) in [5, 5.41) is 3.64. The number of likely N-dealkylation sites (tertiary alicyclic amines) is 1. The third-order valence-corrected chi connectivity index (χ3v) is 6.41. The van der Waals surface area contributed by atoms with Gasteiger partial charge in [-0.3, -0.25) is 4.79 Å². The van der Waals surface area contributed by atoms with Crippen LogP contribution in [0.1, 0.15) is 65.2 Å². The smallest absolute Gasteiger partial charge is 0.239 e. The molecule has 3 unspecified atom stereocenters. The third-order valence-electron chi connectivity index (χ3n) is 6.41. The number of hydrogen-bond acceptors (Lipinski definition) is 2. The van der Waals surface area contributed by atoms with Gasteiger partial charge in [0.25, 0.3) is 0 Å². The molecule has 0 spiro atoms. The van der Waals surface area contributed by atoms with Crippen LogP contribution in [0.15, 0.2) is 0 Å². The van der Waals surface area contributed by atoms with Crippen molar-refractivity contribution in [2.24, 2.45) is 11.3 Å². The van der Waals surface area contributed by atoms with E-state index in [2.05, 4.69) is 24.1 Å². The van der Waals surface area contributed by atoms with E-state index < -0.39 is 0 Å². The fourth-order valence-electron chi connectivity index (χ4n) is 4.68. The lowest BCUT2D eigenvalue weighted by Crippen LogP contribution is -2.45. The largest absolute Gasteiger partial charge is 0.341 e. The van der Waals surface area contributed by atoms with Crippen molar-refractivity contribution < 1.29 is 4.79 Å². The van der Waals surface area contributed by atoms with E-state index in [-0.39, 0.29) is 6.04 Å². The van der Waals surface area contributed by atoms with Crippen molar-refractivity contribution in [2.75, 3.05) is 13.1 Å². The zero-order chi connectivity index (χ0) is 14.2. The van der Waals surface area contributed by atoms with Crippen LogP contribution in [0.4, 0.5) is 0 Å². The average molecular weight is 278 g/mol. The maximum absolute atomic E-state index is 12.8. The van der Waals surface area contributed by atoms with Gasteiger partial charge in [-0.05, 0) is 49.9 Å². The molecule has 3 fully saturated rings. The summed E-state index contributed by atoms with van der Waals surface area (Å²) in [6.45, 7) is 6.53. The van der Waals surface area contributed by atoms with Crippen molar-refractivity contribution in [2.45, 2.75) is 77.3 Å². The van der Waals surface area contributed by atoms with Crippen molar-refractivity contribution in [3.8, 4) is 0 Å². The van der Waals surface area contributed by atoms with Gasteiger partial charge in [-0.25, -0.2) is 0 Å². The lowest BCUT2D eigenvalue weighted by molar-refractivity contribution is -0.132. The first-order chi connectivity index (χ1) is 9.67. The fourth-order valence-corrected chi connectivity index (χ4v) is 4.68. The Bertz CT molecular complexity index is 346. The number of hydrogen-bond donors (Lipinski definition) is 1. The van der Waals surface area contributed by atoms with E-state index in [0.29, 0.717) is 17.4 Å². The van der Waals surface area contributed by atoms with Gasteiger partial charge >= 0.3 is 0 Å². The molecule has 1 amide bonds. The second-order valence-corrected chi connectivity index (χ2v) is 7.32. The van der Waals surface area contributed by atoms with E-state index in [9.17, 15) is 4.79 Å². The number of carbonyl (C=O) groups excluding carboxylic acids is 1. The quantitative estimate of drug-likeness (QED) is 0.861. The van der Waals surface area contributed by atoms with Gasteiger partial charge in [0.05, 0.1) is 6.04 Å². The minimum Gasteiger partial charge on any atom is -0.341 e. The van der Waals surface area contributed by atoms with Crippen LogP contribution in [-0.2, 0) is 4.79 Å². The predicted octanol–water partition coefficient (Wildman–Crippen LogP) is 2.95. The Kier molecular flexibility index (Phi) is 4.07. The first-order valence-electron chi connectivity index (χ1n) is 8.72. The number of rotatable bonds is 3. The molecule has 1 N–H and O–H groups in total. The molecule has 3 aliphatic rings. The van der Waals surface area contributed by atoms with Crippen LogP contribution in [0.3, 0.4) is 0 Å². The molecule has 114 valence electrons. The summed E-state index contributed by atoms with van der Waals surface area (Å²) >= 11 is 0. The number of carbonyl (C=O) groups is 1. The van der Waals surface area contributed by atoms with E-state index in [4.69, 9.17) is 0 Å². The molecular formula is C17H30N2O. The van der Waals surface area contributed by atoms with Gasteiger partial charge in [-0.15, -0.1) is 0 Å². The van der Waals surface area contributed by atoms with E-state index in [1.165, 1.54) is 44.9 Å². The summed E-state index contributed by atoms with van der Waals surface area (Å²) in [6, 6.07) is 0.745. The molecule has 1 aliphatic carbocycles. The number of nitrogens with zero attached hydrogens (tertiary/aromatic N) is 1. The Morgan fingerprint density at radius 3 is 2.65 bits per heavy atom. The standard InChI is InChI=1S/C17H30N2O/c1-3-17(4-2)9-10-19(12-17)16(20)15-11-13-7-5-6-8-14(13)18-15/h13-15,18H,3-12H2,1-2H3. The first-order valence-corrected chi connectivity index (χ1v) is 8.72. The van der Waals surface area contributed by atoms with Gasteiger partial charge in [-0.1, -0.05) is 26.7 Å². The van der Waals surface area contributed by atoms with Crippen molar-refractivity contribution in [3.05, 3.63) is 0 Å². The monoisotopic (exact) mass is 278 g/mol. The summed E-state index contributed by atoms with van der Waals surface area (Å²) in [5.41, 5.74) is 0.404. The average Bonchev–Trinajstić information content (AvgIpc) is 3.11. The number of fused-ring (bicyclic) bond motifs is 1. The fraction of sp³-hybridized carbons (Fsp3) is 0.941. The highest BCUT2D eigenvalue weighted by molar-refractivity contribution is 5.82. The normalized spacial score (nSPS) is 36.1. The number of amides is 1. The Labute approximate surface area is 123 Å². The zero-order valence-electron chi connectivity index (χ0n) is 13.2. The Balaban J connectivity index is 1.60. The molecule has 1 saturated carbocycles. The van der Waals surface area contributed by atoms with Gasteiger partial charge in [0.15, 0.2) is 0 Å². The SMILES string of the molecule is CCC1(CC)CCN(C(=O)C2CC3CCCCC3N2)C1. The molecule has 3 nitrogen and oxygen atoms in total. The highest BCUT2D eigenvalue weighted by Gasteiger charge is 2.43. The van der Waals surface area contributed by atoms with Crippen molar-refractivity contribution in [1.29, 1.82) is 0 Å². The summed E-state index contributed by atoms with van der Waals surface area (Å²) in [6.07, 6.45) is 10.0. The first kappa shape index (κ1) is 14.4. The Hall–Kier alpha value is -0.570. The maximum atomic E-state index is 12.8. The minimum atomic E-state index is 0.118. The van der Waals surface area contributed by atoms with Crippen molar-refractivity contribution in [1.82, 2.24) is 10.2 Å². The van der Waals surface area contributed by atoms with Crippen LogP contribution in [0, 0.1) is 11.3 Å². The molecule has 0 bridgehead atoms. The molecule has 20 heavy (non-hydrogen) atoms. The van der Waals surface area contributed by atoms with Crippen LogP contribution >= 0.6 is 0 Å². The van der Waals surface area contributed by atoms with Gasteiger partial charge in [0, 0.05) is 19.1 Å². The van der Waals surface area contributed by atoms with Gasteiger partial charge in [0.2, 0.25) is 5.91 Å². The highest BCUT2D eigenvalue weighted by Crippen LogP contribution is 2.39. The summed E-state index contributed by atoms with van der Waals surface area (Å²) in [5.74, 6) is 1.16. The molecule has 3 heteroatoms. The highest BCUT2D eigenvalue weighted by atomic mass is 16.2. The molecule has 2 heterocycles. The molecule has 2 saturated heterocycles. The topological polar surface area (TPSA) is 32.3 Å². The molecule has 0 radical (unpaired) electrons. The second kappa shape index (κ2) is 5.67. The van der Waals surface area contributed by atoms with Gasteiger partial charge < -0.3 is 10.2 Å². The van der Waals surface area contributed by atoms with Crippen LogP contribution in [0.5, 0.6) is 0 Å². The molecular weight excluding hydrogens is 248 g/mol. The molecule has 3 rings (SSSR count). The lowest BCUT2D eigenvalue weighted by Gasteiger charge is -2.27. The number of nitrogens with one attached hydrogen (secondary N) is 1. The second-order valence-electron chi connectivity index (χ2n) is 7.32. The molecule has 2 aliphatic heterocycles. The van der Waals surface area contributed by atoms with Crippen LogP contribution in [0.2, 0.25) is 0 Å². The molecule has 0 aromatic rings. The van der Waals surface area contributed by atoms with E-state index in [0.717, 1.165) is 25.4 Å². The minimum absolute atomic E-state index is 0.118. The van der Waals surface area contributed by atoms with E-state index >= 15 is 0 Å². The molecule has 0 aromatic carbocycles. The van der Waals surface area contributed by atoms with Crippen molar-refractivity contribution >= 4 is 5.91 Å². The van der Waals surface area contributed by atoms with E-state index in [1.54, 1.807) is 0 Å². The van der Waals surface area contributed by atoms with Gasteiger partial charge in [-0.2, -0.15) is 0 Å². The Morgan fingerprint density at radius 2 is 2.00 bits per heavy atom. The summed E-state index contributed by atoms with van der Waals surface area (Å²) < 4.78 is 0. The summed E-state index contributed by atoms with van der Waals surface area (Å²) in [7, 11) is 0. The lowest BCUT2D eigenvalue weighted by atomic mass is 9.82. The van der Waals surface area contributed by atoms with Crippen molar-refractivity contribution in [3.63, 3.8) is 0 Å². The van der Waals surface area contributed by atoms with Gasteiger partial charge in [0.1, 0.15) is 0 Å². The maximum Gasteiger partial charge on any atom is 0.239 e. The third kappa shape index (κ3) is 2.49. The van der Waals surface area contributed by atoms with Crippen LogP contribution < -0.4 is 5.32 Å². The summed E-state index contributed by atoms with van der Waals surface area (Å²) in [4.78, 5) is 14.9. The molecule has 3 atom stereocenters.